The van der Waals surface area contributed by atoms with Crippen LogP contribution in [0.2, 0.25) is 0 Å². The van der Waals surface area contributed by atoms with E-state index >= 15 is 0 Å². The van der Waals surface area contributed by atoms with Gasteiger partial charge in [0, 0.05) is 60.7 Å². The van der Waals surface area contributed by atoms with Crippen molar-refractivity contribution in [2.24, 2.45) is 0 Å². The first-order chi connectivity index (χ1) is 6.70. The van der Waals surface area contributed by atoms with Gasteiger partial charge in [0.15, 0.2) is 0 Å². The van der Waals surface area contributed by atoms with E-state index in [4.69, 9.17) is 9.90 Å². The first-order valence-electron chi connectivity index (χ1n) is 3.85. The molecule has 4 nitrogen and oxygen atoms in total. The number of carbonyl (C=O) groups is 2. The number of carbonyl (C=O) groups excluding carboxylic acids is 1. The molecule has 2 N–H and O–H groups in total. The van der Waals surface area contributed by atoms with E-state index < -0.39 is 0 Å². The van der Waals surface area contributed by atoms with Gasteiger partial charge in [-0.3, -0.25) is 9.59 Å². The number of rotatable bonds is 2. The van der Waals surface area contributed by atoms with Crippen LogP contribution in [-0.2, 0) is 63.4 Å². The van der Waals surface area contributed by atoms with Crippen LogP contribution in [-0.4, -0.2) is 17.5 Å². The summed E-state index contributed by atoms with van der Waals surface area (Å²) in [5.41, 5.74) is 0.971. The molecular weight excluding hydrogens is 455 g/mol. The van der Waals surface area contributed by atoms with Crippen LogP contribution in [0.15, 0.2) is 24.3 Å². The molecule has 85 valence electrons. The molecule has 0 bridgehead atoms. The van der Waals surface area contributed by atoms with Crippen molar-refractivity contribution in [3.63, 3.8) is 0 Å². The Bertz CT molecular complexity index is 283. The molecular formula is C10H11NO3WY-2. The van der Waals surface area contributed by atoms with Crippen molar-refractivity contribution in [1.29, 1.82) is 0 Å². The third kappa shape index (κ3) is 13.8. The van der Waals surface area contributed by atoms with E-state index in [-0.39, 0.29) is 66.2 Å². The number of carboxylic acid groups (broad SMARTS) is 1. The molecule has 0 saturated heterocycles. The molecule has 0 heterocycles. The average molecular weight is 466 g/mol. The number of benzene rings is 1. The summed E-state index contributed by atoms with van der Waals surface area (Å²) in [7, 11) is 0. The third-order valence-electron chi connectivity index (χ3n) is 1.19. The third-order valence-corrected chi connectivity index (χ3v) is 1.19. The van der Waals surface area contributed by atoms with Gasteiger partial charge in [0.25, 0.3) is 6.47 Å². The second-order valence-corrected chi connectivity index (χ2v) is 2.28. The molecule has 1 aromatic rings. The van der Waals surface area contributed by atoms with Crippen LogP contribution < -0.4 is 5.32 Å². The Hall–Kier alpha value is -0.178. The zero-order valence-corrected chi connectivity index (χ0v) is 14.5. The Balaban J connectivity index is -0.000000306. The van der Waals surface area contributed by atoms with Crippen LogP contribution in [0.5, 0.6) is 0 Å². The van der Waals surface area contributed by atoms with Gasteiger partial charge in [-0.15, -0.1) is 0 Å². The number of nitrogens with one attached hydrogen (secondary N) is 1. The van der Waals surface area contributed by atoms with Gasteiger partial charge in [0.1, 0.15) is 0 Å². The van der Waals surface area contributed by atoms with E-state index in [2.05, 4.69) is 11.4 Å². The Labute approximate surface area is 134 Å². The van der Waals surface area contributed by atoms with E-state index in [1.807, 2.05) is 12.1 Å². The summed E-state index contributed by atoms with van der Waals surface area (Å²) in [5.74, 6) is -0.0576. The molecule has 0 unspecified atom stereocenters. The van der Waals surface area contributed by atoms with Crippen LogP contribution in [0.25, 0.3) is 0 Å². The number of hydrogen-bond acceptors (Lipinski definition) is 2. The predicted molar refractivity (Wildman–Crippen MR) is 51.2 cm³/mol. The second kappa shape index (κ2) is 14.8. The van der Waals surface area contributed by atoms with Gasteiger partial charge in [-0.25, -0.2) is 0 Å². The average Bonchev–Trinajstić information content (AvgIpc) is 2.18. The summed E-state index contributed by atoms with van der Waals surface area (Å²) in [5, 5.41) is 9.47. The minimum Gasteiger partial charge on any atom is -0.483 e. The molecule has 0 aliphatic rings. The maximum atomic E-state index is 10.5. The fourth-order valence-corrected chi connectivity index (χ4v) is 0.681. The SMILES string of the molecule is CC(=O)N[CH-]c1cc[c-]cc1.O=CO.[W].[Y]. The second-order valence-electron chi connectivity index (χ2n) is 2.28. The van der Waals surface area contributed by atoms with E-state index in [0.717, 1.165) is 5.56 Å². The fraction of sp³-hybridized carbons (Fsp3) is 0.100. The maximum absolute atomic E-state index is 10.5. The van der Waals surface area contributed by atoms with Crippen molar-refractivity contribution in [1.82, 2.24) is 5.32 Å². The van der Waals surface area contributed by atoms with E-state index in [0.29, 0.717) is 0 Å². The molecule has 0 aliphatic heterocycles. The van der Waals surface area contributed by atoms with Gasteiger partial charge in [-0.05, 0) is 0 Å². The largest absolute Gasteiger partial charge is 0.483 e. The Morgan fingerprint density at radius 1 is 1.50 bits per heavy atom. The molecule has 0 atom stereocenters. The normalized spacial score (nSPS) is 6.81. The van der Waals surface area contributed by atoms with Gasteiger partial charge in [-0.2, -0.15) is 35.9 Å². The zero-order chi connectivity index (χ0) is 10.8. The van der Waals surface area contributed by atoms with E-state index in [1.165, 1.54) is 6.92 Å². The van der Waals surface area contributed by atoms with Crippen molar-refractivity contribution in [2.75, 3.05) is 0 Å². The summed E-state index contributed by atoms with van der Waals surface area (Å²) in [6, 6.07) is 10.2. The van der Waals surface area contributed by atoms with Crippen LogP contribution in [0.3, 0.4) is 0 Å². The maximum Gasteiger partial charge on any atom is 0.290 e. The van der Waals surface area contributed by atoms with Gasteiger partial charge in [0.2, 0.25) is 5.91 Å². The Morgan fingerprint density at radius 2 is 1.94 bits per heavy atom. The smallest absolute Gasteiger partial charge is 0.290 e. The molecule has 1 amide bonds. The van der Waals surface area contributed by atoms with Crippen molar-refractivity contribution in [3.05, 3.63) is 42.4 Å². The molecule has 0 aliphatic carbocycles. The van der Waals surface area contributed by atoms with Gasteiger partial charge in [0.05, 0.1) is 0 Å². The molecule has 1 radical (unpaired) electrons. The fourth-order valence-electron chi connectivity index (χ4n) is 0.681. The van der Waals surface area contributed by atoms with Crippen molar-refractivity contribution >= 4 is 12.4 Å². The molecule has 16 heavy (non-hydrogen) atoms. The topological polar surface area (TPSA) is 66.4 Å². The van der Waals surface area contributed by atoms with Crippen LogP contribution in [0.4, 0.5) is 0 Å². The predicted octanol–water partition coefficient (Wildman–Crippen LogP) is 0.829. The molecule has 0 saturated carbocycles. The standard InChI is InChI=1S/C9H9NO.CH2O2.W.Y/c1-8(11)10-7-9-5-3-2-4-6-9;2-1-3;;/h3-7H,1H3,(H,10,11);1H,(H,2,3);;/q-2;;;. The molecule has 6 heteroatoms. The first-order valence-corrected chi connectivity index (χ1v) is 3.85. The Kier molecular flexibility index (Phi) is 19.6. The molecule has 0 aromatic heterocycles. The van der Waals surface area contributed by atoms with E-state index in [9.17, 15) is 4.79 Å². The monoisotopic (exact) mass is 466 g/mol. The number of amides is 1. The van der Waals surface area contributed by atoms with Crippen LogP contribution >= 0.6 is 0 Å². The summed E-state index contributed by atoms with van der Waals surface area (Å²) < 4.78 is 0. The van der Waals surface area contributed by atoms with Crippen molar-refractivity contribution in [2.45, 2.75) is 6.92 Å². The summed E-state index contributed by atoms with van der Waals surface area (Å²) >= 11 is 0. The molecule has 0 spiro atoms. The quantitative estimate of drug-likeness (QED) is 0.502. The summed E-state index contributed by atoms with van der Waals surface area (Å²) in [6.07, 6.45) is 0. The van der Waals surface area contributed by atoms with Gasteiger partial charge < -0.3 is 10.4 Å². The minimum absolute atomic E-state index is 0. The van der Waals surface area contributed by atoms with E-state index in [1.54, 1.807) is 18.7 Å². The van der Waals surface area contributed by atoms with Crippen molar-refractivity contribution in [3.8, 4) is 0 Å². The zero-order valence-electron chi connectivity index (χ0n) is 8.71. The molecule has 1 aromatic carbocycles. The molecule has 1 rings (SSSR count). The minimum atomic E-state index is -0.250. The van der Waals surface area contributed by atoms with Crippen LogP contribution in [0, 0.1) is 12.6 Å². The summed E-state index contributed by atoms with van der Waals surface area (Å²) in [6.45, 7) is 2.89. The molecule has 0 fully saturated rings. The van der Waals surface area contributed by atoms with Gasteiger partial charge >= 0.3 is 0 Å². The van der Waals surface area contributed by atoms with Gasteiger partial charge in [-0.1, -0.05) is 6.54 Å². The Morgan fingerprint density at radius 3 is 2.31 bits per heavy atom. The first kappa shape index (κ1) is 21.1. The van der Waals surface area contributed by atoms with Crippen LogP contribution in [0.1, 0.15) is 12.5 Å². The number of hydrogen-bond donors (Lipinski definition) is 2. The van der Waals surface area contributed by atoms with Crippen molar-refractivity contribution < 1.29 is 68.5 Å². The summed E-state index contributed by atoms with van der Waals surface area (Å²) in [4.78, 5) is 18.8.